The molecule has 0 N–H and O–H groups in total. The van der Waals surface area contributed by atoms with Crippen molar-refractivity contribution in [1.29, 1.82) is 0 Å². The lowest BCUT2D eigenvalue weighted by Gasteiger charge is -2.29. The maximum atomic E-state index is 13.5. The highest BCUT2D eigenvalue weighted by Crippen LogP contribution is 2.44. The van der Waals surface area contributed by atoms with Crippen molar-refractivity contribution in [2.45, 2.75) is 59.3 Å². The second-order valence-electron chi connectivity index (χ2n) is 7.36. The second-order valence-corrected chi connectivity index (χ2v) is 9.47. The molecule has 0 saturated heterocycles. The molecular weight excluding hydrogens is 323 g/mol. The van der Waals surface area contributed by atoms with Crippen molar-refractivity contribution in [1.82, 2.24) is 0 Å². The first-order valence-corrected chi connectivity index (χ1v) is 10.8. The Hall–Kier alpha value is -1.46. The van der Waals surface area contributed by atoms with Gasteiger partial charge in [-0.2, -0.15) is 0 Å². The van der Waals surface area contributed by atoms with E-state index < -0.39 is 7.92 Å². The van der Waals surface area contributed by atoms with Crippen LogP contribution in [0.2, 0.25) is 0 Å². The van der Waals surface area contributed by atoms with E-state index in [0.717, 1.165) is 23.5 Å². The Morgan fingerprint density at radius 1 is 0.800 bits per heavy atom. The fraction of sp³-hybridized carbons (Fsp3) is 0.435. The number of unbranched alkanes of at least 4 members (excludes halogenated alkanes) is 4. The van der Waals surface area contributed by atoms with Gasteiger partial charge in [-0.25, -0.2) is 0 Å². The minimum atomic E-state index is -0.967. The van der Waals surface area contributed by atoms with Crippen LogP contribution in [0.15, 0.2) is 60.7 Å². The van der Waals surface area contributed by atoms with E-state index in [1.54, 1.807) is 0 Å². The average Bonchev–Trinajstić information content (AvgIpc) is 2.63. The van der Waals surface area contributed by atoms with Gasteiger partial charge in [0, 0.05) is 13.3 Å². The van der Waals surface area contributed by atoms with Gasteiger partial charge >= 0.3 is 0 Å². The molecule has 0 unspecified atom stereocenters. The number of hydrogen-bond donors (Lipinski definition) is 0. The zero-order chi connectivity index (χ0) is 18.1. The molecule has 134 valence electrons. The van der Waals surface area contributed by atoms with E-state index in [4.69, 9.17) is 0 Å². The maximum absolute atomic E-state index is 13.5. The third-order valence-corrected chi connectivity index (χ3v) is 7.36. The quantitative estimate of drug-likeness (QED) is 0.376. The molecule has 0 aliphatic rings. The molecule has 25 heavy (non-hydrogen) atoms. The predicted octanol–water partition coefficient (Wildman–Crippen LogP) is 6.03. The fourth-order valence-corrected chi connectivity index (χ4v) is 5.54. The smallest absolute Gasteiger partial charge is 0.168 e. The molecule has 0 amide bonds. The van der Waals surface area contributed by atoms with Crippen LogP contribution < -0.4 is 10.6 Å². The third kappa shape index (κ3) is 5.79. The molecule has 1 nitrogen and oxygen atoms in total. The molecule has 0 radical (unpaired) electrons. The molecule has 0 fully saturated rings. The summed E-state index contributed by atoms with van der Waals surface area (Å²) in [5.41, 5.74) is 0.124. The van der Waals surface area contributed by atoms with Crippen LogP contribution >= 0.6 is 7.92 Å². The van der Waals surface area contributed by atoms with E-state index in [1.165, 1.54) is 25.7 Å². The Bertz CT molecular complexity index is 594. The first-order valence-electron chi connectivity index (χ1n) is 9.51. The molecule has 2 rings (SSSR count). The highest BCUT2D eigenvalue weighted by Gasteiger charge is 2.34. The summed E-state index contributed by atoms with van der Waals surface area (Å²) in [5, 5.41) is 2.32. The van der Waals surface area contributed by atoms with Crippen LogP contribution in [0.5, 0.6) is 0 Å². The van der Waals surface area contributed by atoms with Crippen molar-refractivity contribution in [3.63, 3.8) is 0 Å². The van der Waals surface area contributed by atoms with E-state index >= 15 is 0 Å². The van der Waals surface area contributed by atoms with E-state index in [9.17, 15) is 4.79 Å². The first-order chi connectivity index (χ1) is 12.1. The molecule has 0 bridgehead atoms. The second kappa shape index (κ2) is 9.88. The number of hydrogen-bond acceptors (Lipinski definition) is 1. The summed E-state index contributed by atoms with van der Waals surface area (Å²) in [6, 6.07) is 20.6. The van der Waals surface area contributed by atoms with Crippen LogP contribution in [0.1, 0.15) is 59.3 Å². The SMILES string of the molecule is CCCCCCCC(C)(C)C(=O)P(c1ccccc1)c1ccccc1. The standard InChI is InChI=1S/C23H31OP/c1-4-5-6-7-14-19-23(2,3)22(24)25(20-15-10-8-11-16-20)21-17-12-9-13-18-21/h8-13,15-18H,4-7,14,19H2,1-3H3. The minimum Gasteiger partial charge on any atom is -0.293 e. The van der Waals surface area contributed by atoms with Crippen LogP contribution in [-0.4, -0.2) is 5.52 Å². The molecule has 0 spiro atoms. The molecule has 2 aromatic carbocycles. The largest absolute Gasteiger partial charge is 0.293 e. The van der Waals surface area contributed by atoms with Gasteiger partial charge in [0.15, 0.2) is 5.52 Å². The molecular formula is C23H31OP. The van der Waals surface area contributed by atoms with Gasteiger partial charge in [0.1, 0.15) is 0 Å². The number of carbonyl (C=O) groups is 1. The Kier molecular flexibility index (Phi) is 7.85. The Morgan fingerprint density at radius 2 is 1.28 bits per heavy atom. The molecule has 0 aliphatic heterocycles. The topological polar surface area (TPSA) is 17.1 Å². The van der Waals surface area contributed by atoms with Crippen molar-refractivity contribution in [3.8, 4) is 0 Å². The maximum Gasteiger partial charge on any atom is 0.168 e. The average molecular weight is 354 g/mol. The minimum absolute atomic E-state index is 0.274. The molecule has 0 aliphatic carbocycles. The zero-order valence-electron chi connectivity index (χ0n) is 15.9. The van der Waals surface area contributed by atoms with Gasteiger partial charge in [0.25, 0.3) is 0 Å². The van der Waals surface area contributed by atoms with Crippen molar-refractivity contribution in [2.24, 2.45) is 5.41 Å². The van der Waals surface area contributed by atoms with Crippen LogP contribution in [0.4, 0.5) is 0 Å². The van der Waals surface area contributed by atoms with Crippen molar-refractivity contribution in [3.05, 3.63) is 60.7 Å². The van der Waals surface area contributed by atoms with Gasteiger partial charge in [-0.1, -0.05) is 114 Å². The van der Waals surface area contributed by atoms with Gasteiger partial charge < -0.3 is 0 Å². The summed E-state index contributed by atoms with van der Waals surface area (Å²) < 4.78 is 0. The lowest BCUT2D eigenvalue weighted by Crippen LogP contribution is -2.29. The highest BCUT2D eigenvalue weighted by molar-refractivity contribution is 7.87. The monoisotopic (exact) mass is 354 g/mol. The Balaban J connectivity index is 2.17. The summed E-state index contributed by atoms with van der Waals surface area (Å²) in [5.74, 6) is 0. The van der Waals surface area contributed by atoms with Crippen LogP contribution in [-0.2, 0) is 4.79 Å². The summed E-state index contributed by atoms with van der Waals surface area (Å²) in [4.78, 5) is 13.5. The van der Waals surface area contributed by atoms with Crippen LogP contribution in [0.25, 0.3) is 0 Å². The summed E-state index contributed by atoms with van der Waals surface area (Å²) in [7, 11) is -0.967. The first kappa shape index (κ1) is 19.9. The van der Waals surface area contributed by atoms with Crippen LogP contribution in [0.3, 0.4) is 0 Å². The van der Waals surface area contributed by atoms with Gasteiger partial charge in [-0.3, -0.25) is 4.79 Å². The van der Waals surface area contributed by atoms with E-state index in [0.29, 0.717) is 5.52 Å². The fourth-order valence-electron chi connectivity index (χ4n) is 3.12. The van der Waals surface area contributed by atoms with E-state index in [-0.39, 0.29) is 5.41 Å². The third-order valence-electron chi connectivity index (χ3n) is 4.72. The van der Waals surface area contributed by atoms with Crippen molar-refractivity contribution < 1.29 is 4.79 Å². The molecule has 0 atom stereocenters. The van der Waals surface area contributed by atoms with Crippen LogP contribution in [0, 0.1) is 5.41 Å². The van der Waals surface area contributed by atoms with Gasteiger partial charge in [-0.05, 0) is 17.0 Å². The Morgan fingerprint density at radius 3 is 1.76 bits per heavy atom. The molecule has 2 aromatic rings. The van der Waals surface area contributed by atoms with E-state index in [2.05, 4.69) is 45.0 Å². The van der Waals surface area contributed by atoms with Gasteiger partial charge in [-0.15, -0.1) is 0 Å². The normalized spacial score (nSPS) is 11.7. The molecule has 0 saturated carbocycles. The number of benzene rings is 2. The lowest BCUT2D eigenvalue weighted by atomic mass is 9.88. The molecule has 2 heteroatoms. The predicted molar refractivity (Wildman–Crippen MR) is 111 cm³/mol. The van der Waals surface area contributed by atoms with E-state index in [1.807, 2.05) is 36.4 Å². The highest BCUT2D eigenvalue weighted by atomic mass is 31.1. The van der Waals surface area contributed by atoms with Crippen molar-refractivity contribution in [2.75, 3.05) is 0 Å². The van der Waals surface area contributed by atoms with Gasteiger partial charge in [0.2, 0.25) is 0 Å². The summed E-state index contributed by atoms with van der Waals surface area (Å²) >= 11 is 0. The van der Waals surface area contributed by atoms with Crippen molar-refractivity contribution >= 4 is 24.1 Å². The summed E-state index contributed by atoms with van der Waals surface area (Å²) in [6.45, 7) is 6.51. The number of rotatable bonds is 10. The lowest BCUT2D eigenvalue weighted by molar-refractivity contribution is -0.118. The molecule has 0 aromatic heterocycles. The number of carbonyl (C=O) groups excluding carboxylic acids is 1. The van der Waals surface area contributed by atoms with Gasteiger partial charge in [0.05, 0.1) is 0 Å². The summed E-state index contributed by atoms with van der Waals surface area (Å²) in [6.07, 6.45) is 7.20. The molecule has 0 heterocycles. The zero-order valence-corrected chi connectivity index (χ0v) is 16.8. The Labute approximate surface area is 154 Å².